The van der Waals surface area contributed by atoms with Gasteiger partial charge in [0.25, 0.3) is 6.43 Å². The molecular weight excluding hydrogens is 270 g/mol. The Morgan fingerprint density at radius 3 is 2.80 bits per heavy atom. The number of halogens is 3. The van der Waals surface area contributed by atoms with Crippen LogP contribution in [0, 0.1) is 0 Å². The van der Waals surface area contributed by atoms with Gasteiger partial charge < -0.3 is 10.2 Å². The van der Waals surface area contributed by atoms with E-state index in [0.29, 0.717) is 16.2 Å². The zero-order valence-electron chi connectivity index (χ0n) is 8.34. The van der Waals surface area contributed by atoms with E-state index >= 15 is 0 Å². The van der Waals surface area contributed by atoms with Crippen LogP contribution in [0.2, 0.25) is 0 Å². The Bertz CT molecular complexity index is 334. The standard InChI is InChI=1S/C8H11BrF2N4/c1-12-8-13-3-5(9)7(14-8)15(2)4-6(10)11/h3,6H,4H2,1-2H3,(H,12,13,14). The van der Waals surface area contributed by atoms with Crippen molar-refractivity contribution in [2.45, 2.75) is 6.43 Å². The van der Waals surface area contributed by atoms with Crippen LogP contribution in [0.1, 0.15) is 0 Å². The molecule has 1 heterocycles. The molecular formula is C8H11BrF2N4. The van der Waals surface area contributed by atoms with Gasteiger partial charge in [0.15, 0.2) is 0 Å². The van der Waals surface area contributed by atoms with Crippen molar-refractivity contribution in [1.29, 1.82) is 0 Å². The normalized spacial score (nSPS) is 10.5. The Hall–Kier alpha value is -0.980. The van der Waals surface area contributed by atoms with Crippen LogP contribution in [0.3, 0.4) is 0 Å². The number of nitrogens with one attached hydrogen (secondary N) is 1. The molecule has 0 unspecified atom stereocenters. The highest BCUT2D eigenvalue weighted by Crippen LogP contribution is 2.23. The first-order chi connectivity index (χ1) is 7.04. The van der Waals surface area contributed by atoms with Gasteiger partial charge in [0.05, 0.1) is 11.0 Å². The molecule has 0 amide bonds. The number of aromatic nitrogens is 2. The van der Waals surface area contributed by atoms with E-state index in [4.69, 9.17) is 0 Å². The Balaban J connectivity index is 2.91. The molecule has 0 atom stereocenters. The SMILES string of the molecule is CNc1ncc(Br)c(N(C)CC(F)F)n1. The Morgan fingerprint density at radius 2 is 2.27 bits per heavy atom. The van der Waals surface area contributed by atoms with Crippen LogP contribution in [-0.4, -0.2) is 37.0 Å². The molecule has 1 aromatic rings. The average Bonchev–Trinajstić information content (AvgIpc) is 2.17. The zero-order chi connectivity index (χ0) is 11.4. The molecule has 0 radical (unpaired) electrons. The molecule has 1 aromatic heterocycles. The third-order valence-electron chi connectivity index (χ3n) is 1.72. The largest absolute Gasteiger partial charge is 0.357 e. The molecule has 4 nitrogen and oxygen atoms in total. The molecule has 1 N–H and O–H groups in total. The molecule has 0 fully saturated rings. The van der Waals surface area contributed by atoms with E-state index in [2.05, 4.69) is 31.2 Å². The van der Waals surface area contributed by atoms with Crippen molar-refractivity contribution in [1.82, 2.24) is 9.97 Å². The summed E-state index contributed by atoms with van der Waals surface area (Å²) in [6.45, 7) is -0.362. The van der Waals surface area contributed by atoms with Crippen LogP contribution < -0.4 is 10.2 Å². The Kier molecular flexibility index (Phi) is 4.19. The topological polar surface area (TPSA) is 41.1 Å². The lowest BCUT2D eigenvalue weighted by Crippen LogP contribution is -2.25. The van der Waals surface area contributed by atoms with Crippen molar-refractivity contribution in [2.24, 2.45) is 0 Å². The van der Waals surface area contributed by atoms with Crippen molar-refractivity contribution < 1.29 is 8.78 Å². The summed E-state index contributed by atoms with van der Waals surface area (Å²) >= 11 is 3.21. The van der Waals surface area contributed by atoms with E-state index in [0.717, 1.165) is 0 Å². The molecule has 1 rings (SSSR count). The van der Waals surface area contributed by atoms with Gasteiger partial charge in [-0.15, -0.1) is 0 Å². The summed E-state index contributed by atoms with van der Waals surface area (Å²) in [5.74, 6) is 0.837. The predicted octanol–water partition coefficient (Wildman–Crippen LogP) is 1.98. The molecule has 15 heavy (non-hydrogen) atoms. The fraction of sp³-hybridized carbons (Fsp3) is 0.500. The summed E-state index contributed by atoms with van der Waals surface area (Å²) in [6.07, 6.45) is -0.870. The predicted molar refractivity (Wildman–Crippen MR) is 58.6 cm³/mol. The second-order valence-corrected chi connectivity index (χ2v) is 3.74. The van der Waals surface area contributed by atoms with Crippen LogP contribution >= 0.6 is 15.9 Å². The molecule has 84 valence electrons. The average molecular weight is 281 g/mol. The second-order valence-electron chi connectivity index (χ2n) is 2.89. The van der Waals surface area contributed by atoms with Gasteiger partial charge in [-0.25, -0.2) is 13.8 Å². The summed E-state index contributed by atoms with van der Waals surface area (Å²) in [4.78, 5) is 9.38. The fourth-order valence-electron chi connectivity index (χ4n) is 1.04. The van der Waals surface area contributed by atoms with E-state index < -0.39 is 6.43 Å². The zero-order valence-corrected chi connectivity index (χ0v) is 9.92. The fourth-order valence-corrected chi connectivity index (χ4v) is 1.53. The molecule has 0 aromatic carbocycles. The van der Waals surface area contributed by atoms with Crippen molar-refractivity contribution in [3.63, 3.8) is 0 Å². The number of nitrogens with zero attached hydrogens (tertiary/aromatic N) is 3. The molecule has 0 spiro atoms. The molecule has 7 heteroatoms. The van der Waals surface area contributed by atoms with Gasteiger partial charge in [-0.2, -0.15) is 4.98 Å². The monoisotopic (exact) mass is 280 g/mol. The summed E-state index contributed by atoms with van der Waals surface area (Å²) < 4.78 is 24.9. The lowest BCUT2D eigenvalue weighted by Gasteiger charge is -2.19. The minimum atomic E-state index is -2.39. The van der Waals surface area contributed by atoms with E-state index in [1.165, 1.54) is 11.1 Å². The molecule has 0 aliphatic heterocycles. The lowest BCUT2D eigenvalue weighted by molar-refractivity contribution is 0.156. The highest BCUT2D eigenvalue weighted by Gasteiger charge is 2.13. The molecule has 0 saturated heterocycles. The highest BCUT2D eigenvalue weighted by molar-refractivity contribution is 9.10. The van der Waals surface area contributed by atoms with E-state index in [1.54, 1.807) is 14.1 Å². The third kappa shape index (κ3) is 3.26. The van der Waals surface area contributed by atoms with Crippen LogP contribution in [0.5, 0.6) is 0 Å². The van der Waals surface area contributed by atoms with Crippen LogP contribution in [-0.2, 0) is 0 Å². The maximum Gasteiger partial charge on any atom is 0.255 e. The summed E-state index contributed by atoms with van der Waals surface area (Å²) in [6, 6.07) is 0. The third-order valence-corrected chi connectivity index (χ3v) is 2.28. The first kappa shape index (κ1) is 12.1. The minimum absolute atomic E-state index is 0.362. The van der Waals surface area contributed by atoms with Crippen LogP contribution in [0.15, 0.2) is 10.7 Å². The lowest BCUT2D eigenvalue weighted by atomic mass is 10.5. The van der Waals surface area contributed by atoms with Gasteiger partial charge in [0.2, 0.25) is 5.95 Å². The van der Waals surface area contributed by atoms with E-state index in [1.807, 2.05) is 0 Å². The molecule has 0 aliphatic rings. The van der Waals surface area contributed by atoms with E-state index in [9.17, 15) is 8.78 Å². The number of alkyl halides is 2. The molecule has 0 bridgehead atoms. The van der Waals surface area contributed by atoms with Gasteiger partial charge in [-0.3, -0.25) is 0 Å². The number of hydrogen-bond donors (Lipinski definition) is 1. The van der Waals surface area contributed by atoms with Gasteiger partial charge in [0, 0.05) is 20.3 Å². The van der Waals surface area contributed by atoms with Crippen molar-refractivity contribution in [2.75, 3.05) is 30.9 Å². The van der Waals surface area contributed by atoms with Crippen LogP contribution in [0.4, 0.5) is 20.5 Å². The number of rotatable bonds is 4. The van der Waals surface area contributed by atoms with Crippen LogP contribution in [0.25, 0.3) is 0 Å². The van der Waals surface area contributed by atoms with Gasteiger partial charge >= 0.3 is 0 Å². The Labute approximate surface area is 94.8 Å². The first-order valence-corrected chi connectivity index (χ1v) is 5.03. The van der Waals surface area contributed by atoms with E-state index in [-0.39, 0.29) is 6.54 Å². The number of hydrogen-bond acceptors (Lipinski definition) is 4. The van der Waals surface area contributed by atoms with Gasteiger partial charge in [0.1, 0.15) is 5.82 Å². The second kappa shape index (κ2) is 5.20. The maximum absolute atomic E-state index is 12.2. The maximum atomic E-state index is 12.2. The van der Waals surface area contributed by atoms with Crippen molar-refractivity contribution in [3.05, 3.63) is 10.7 Å². The smallest absolute Gasteiger partial charge is 0.255 e. The quantitative estimate of drug-likeness (QED) is 0.916. The van der Waals surface area contributed by atoms with Crippen molar-refractivity contribution in [3.8, 4) is 0 Å². The molecule has 0 saturated carbocycles. The van der Waals surface area contributed by atoms with Crippen molar-refractivity contribution >= 4 is 27.7 Å². The van der Waals surface area contributed by atoms with Gasteiger partial charge in [-0.1, -0.05) is 0 Å². The van der Waals surface area contributed by atoms with Gasteiger partial charge in [-0.05, 0) is 15.9 Å². The summed E-state index contributed by atoms with van der Waals surface area (Å²) in [7, 11) is 3.22. The molecule has 0 aliphatic carbocycles. The Morgan fingerprint density at radius 1 is 1.60 bits per heavy atom. The summed E-state index contributed by atoms with van der Waals surface area (Å²) in [5, 5.41) is 2.75. The number of anilines is 2. The highest BCUT2D eigenvalue weighted by atomic mass is 79.9. The first-order valence-electron chi connectivity index (χ1n) is 4.24. The minimum Gasteiger partial charge on any atom is -0.357 e. The summed E-state index contributed by atoms with van der Waals surface area (Å²) in [5.41, 5.74) is 0.